The van der Waals surface area contributed by atoms with Gasteiger partial charge in [-0.3, -0.25) is 9.59 Å². The Bertz CT molecular complexity index is 576. The Morgan fingerprint density at radius 1 is 0.824 bits per heavy atom. The maximum atomic E-state index is 13.5. The Morgan fingerprint density at radius 3 is 2.24 bits per heavy atom. The molecule has 2 aromatic rings. The smallest absolute Gasteiger partial charge is 0.153 e. The first-order valence-corrected chi connectivity index (χ1v) is 5.06. The van der Waals surface area contributed by atoms with Crippen molar-refractivity contribution in [2.24, 2.45) is 0 Å². The molecule has 17 heavy (non-hydrogen) atoms. The minimum Gasteiger partial charge on any atom is -0.298 e. The molecule has 0 N–H and O–H groups in total. The number of carbonyl (C=O) groups excluding carboxylic acids is 2. The van der Waals surface area contributed by atoms with Crippen LogP contribution >= 0.6 is 0 Å². The van der Waals surface area contributed by atoms with Gasteiger partial charge in [0.1, 0.15) is 5.82 Å². The van der Waals surface area contributed by atoms with Gasteiger partial charge in [-0.05, 0) is 17.2 Å². The molecule has 0 fully saturated rings. The summed E-state index contributed by atoms with van der Waals surface area (Å²) in [6.07, 6.45) is 1.15. The number of benzene rings is 2. The molecule has 0 aliphatic heterocycles. The molecule has 0 amide bonds. The predicted molar refractivity (Wildman–Crippen MR) is 62.6 cm³/mol. The Kier molecular flexibility index (Phi) is 3.10. The van der Waals surface area contributed by atoms with Crippen LogP contribution in [0.25, 0.3) is 11.1 Å². The van der Waals surface area contributed by atoms with E-state index < -0.39 is 5.82 Å². The highest BCUT2D eigenvalue weighted by molar-refractivity contribution is 5.94. The second kappa shape index (κ2) is 4.70. The third-order valence-corrected chi connectivity index (χ3v) is 2.55. The number of hydrogen-bond acceptors (Lipinski definition) is 2. The molecule has 0 heterocycles. The Labute approximate surface area is 97.7 Å². The molecule has 0 aromatic heterocycles. The van der Waals surface area contributed by atoms with Crippen LogP contribution in [0.2, 0.25) is 0 Å². The molecule has 2 nitrogen and oxygen atoms in total. The molecule has 0 bridgehead atoms. The van der Waals surface area contributed by atoms with E-state index in [-0.39, 0.29) is 5.56 Å². The van der Waals surface area contributed by atoms with Gasteiger partial charge in [0.15, 0.2) is 12.6 Å². The molecule has 0 radical (unpaired) electrons. The summed E-state index contributed by atoms with van der Waals surface area (Å²) in [4.78, 5) is 21.8. The molecular weight excluding hydrogens is 219 g/mol. The summed E-state index contributed by atoms with van der Waals surface area (Å²) in [5.41, 5.74) is 1.40. The van der Waals surface area contributed by atoms with Gasteiger partial charge < -0.3 is 0 Å². The van der Waals surface area contributed by atoms with Crippen molar-refractivity contribution in [3.63, 3.8) is 0 Å². The summed E-state index contributed by atoms with van der Waals surface area (Å²) >= 11 is 0. The predicted octanol–water partition coefficient (Wildman–Crippen LogP) is 3.12. The molecule has 0 atom stereocenters. The van der Waals surface area contributed by atoms with Gasteiger partial charge in [0.25, 0.3) is 0 Å². The Morgan fingerprint density at radius 2 is 1.53 bits per heavy atom. The average molecular weight is 228 g/mol. The molecule has 0 spiro atoms. The molecule has 0 saturated heterocycles. The quantitative estimate of drug-likeness (QED) is 0.756. The number of halogens is 1. The molecular formula is C14H9FO2. The van der Waals surface area contributed by atoms with Crippen molar-refractivity contribution < 1.29 is 14.0 Å². The van der Waals surface area contributed by atoms with Gasteiger partial charge >= 0.3 is 0 Å². The summed E-state index contributed by atoms with van der Waals surface area (Å²) in [7, 11) is 0. The number of rotatable bonds is 3. The summed E-state index contributed by atoms with van der Waals surface area (Å²) < 4.78 is 13.5. The van der Waals surface area contributed by atoms with Crippen LogP contribution in [0.1, 0.15) is 20.7 Å². The van der Waals surface area contributed by atoms with E-state index in [0.717, 1.165) is 0 Å². The lowest BCUT2D eigenvalue weighted by molar-refractivity contribution is 0.111. The summed E-state index contributed by atoms with van der Waals surface area (Å²) in [6, 6.07) is 11.1. The summed E-state index contributed by atoms with van der Waals surface area (Å²) in [6.45, 7) is 0. The summed E-state index contributed by atoms with van der Waals surface area (Å²) in [5.74, 6) is -0.585. The zero-order chi connectivity index (χ0) is 12.3. The van der Waals surface area contributed by atoms with Gasteiger partial charge in [-0.2, -0.15) is 0 Å². The first-order chi connectivity index (χ1) is 8.27. The van der Waals surface area contributed by atoms with Crippen molar-refractivity contribution in [3.8, 4) is 11.1 Å². The van der Waals surface area contributed by atoms with Crippen LogP contribution in [0.4, 0.5) is 4.39 Å². The zero-order valence-electron chi connectivity index (χ0n) is 8.89. The minimum absolute atomic E-state index is 0.0261. The van der Waals surface area contributed by atoms with Crippen molar-refractivity contribution in [1.82, 2.24) is 0 Å². The van der Waals surface area contributed by atoms with Crippen LogP contribution < -0.4 is 0 Å². The molecule has 0 aliphatic rings. The highest BCUT2D eigenvalue weighted by atomic mass is 19.1. The van der Waals surface area contributed by atoms with E-state index in [2.05, 4.69) is 0 Å². The van der Waals surface area contributed by atoms with Crippen molar-refractivity contribution in [2.75, 3.05) is 0 Å². The standard InChI is InChI=1S/C14H9FO2/c15-14-7-3-6-12(13(14)9-17)11-5-2-1-4-10(11)8-16/h1-9H. The number of aldehydes is 2. The van der Waals surface area contributed by atoms with Crippen LogP contribution in [0.5, 0.6) is 0 Å². The zero-order valence-corrected chi connectivity index (χ0v) is 8.89. The maximum Gasteiger partial charge on any atom is 0.153 e. The molecule has 2 rings (SSSR count). The van der Waals surface area contributed by atoms with E-state index in [4.69, 9.17) is 0 Å². The van der Waals surface area contributed by atoms with Crippen molar-refractivity contribution in [3.05, 3.63) is 59.4 Å². The number of hydrogen-bond donors (Lipinski definition) is 0. The van der Waals surface area contributed by atoms with Crippen LogP contribution in [0.3, 0.4) is 0 Å². The molecule has 84 valence electrons. The first-order valence-electron chi connectivity index (χ1n) is 5.06. The van der Waals surface area contributed by atoms with Crippen LogP contribution in [-0.4, -0.2) is 12.6 Å². The van der Waals surface area contributed by atoms with E-state index in [1.807, 2.05) is 0 Å². The van der Waals surface area contributed by atoms with Gasteiger partial charge in [-0.15, -0.1) is 0 Å². The maximum absolute atomic E-state index is 13.5. The number of carbonyl (C=O) groups is 2. The molecule has 0 unspecified atom stereocenters. The molecule has 0 saturated carbocycles. The van der Waals surface area contributed by atoms with Crippen molar-refractivity contribution in [2.45, 2.75) is 0 Å². The van der Waals surface area contributed by atoms with Crippen LogP contribution in [-0.2, 0) is 0 Å². The molecule has 2 aromatic carbocycles. The summed E-state index contributed by atoms with van der Waals surface area (Å²) in [5, 5.41) is 0. The first kappa shape index (κ1) is 11.2. The fourth-order valence-electron chi connectivity index (χ4n) is 1.74. The third-order valence-electron chi connectivity index (χ3n) is 2.55. The lowest BCUT2D eigenvalue weighted by atomic mass is 9.96. The normalized spacial score (nSPS) is 9.94. The third kappa shape index (κ3) is 1.99. The van der Waals surface area contributed by atoms with Gasteiger partial charge in [0, 0.05) is 5.56 Å². The van der Waals surface area contributed by atoms with Crippen molar-refractivity contribution in [1.29, 1.82) is 0 Å². The fourth-order valence-corrected chi connectivity index (χ4v) is 1.74. The van der Waals surface area contributed by atoms with Crippen molar-refractivity contribution >= 4 is 12.6 Å². The highest BCUT2D eigenvalue weighted by Crippen LogP contribution is 2.26. The van der Waals surface area contributed by atoms with E-state index >= 15 is 0 Å². The van der Waals surface area contributed by atoms with Gasteiger partial charge in [-0.1, -0.05) is 36.4 Å². The van der Waals surface area contributed by atoms with Crippen LogP contribution in [0, 0.1) is 5.82 Å². The second-order valence-corrected chi connectivity index (χ2v) is 3.52. The topological polar surface area (TPSA) is 34.1 Å². The molecule has 3 heteroatoms. The Balaban J connectivity index is 2.72. The van der Waals surface area contributed by atoms with E-state index in [0.29, 0.717) is 29.3 Å². The monoisotopic (exact) mass is 228 g/mol. The lowest BCUT2D eigenvalue weighted by Gasteiger charge is -2.07. The van der Waals surface area contributed by atoms with Crippen LogP contribution in [0.15, 0.2) is 42.5 Å². The highest BCUT2D eigenvalue weighted by Gasteiger charge is 2.11. The largest absolute Gasteiger partial charge is 0.298 e. The van der Waals surface area contributed by atoms with E-state index in [1.165, 1.54) is 12.1 Å². The SMILES string of the molecule is O=Cc1ccccc1-c1cccc(F)c1C=O. The lowest BCUT2D eigenvalue weighted by Crippen LogP contribution is -1.95. The van der Waals surface area contributed by atoms with E-state index in [1.54, 1.807) is 30.3 Å². The minimum atomic E-state index is -0.585. The van der Waals surface area contributed by atoms with Gasteiger partial charge in [0.2, 0.25) is 0 Å². The Hall–Kier alpha value is -2.29. The van der Waals surface area contributed by atoms with E-state index in [9.17, 15) is 14.0 Å². The fraction of sp³-hybridized carbons (Fsp3) is 0. The van der Waals surface area contributed by atoms with Gasteiger partial charge in [-0.25, -0.2) is 4.39 Å². The average Bonchev–Trinajstić information content (AvgIpc) is 2.38. The second-order valence-electron chi connectivity index (χ2n) is 3.52. The molecule has 0 aliphatic carbocycles. The van der Waals surface area contributed by atoms with Gasteiger partial charge in [0.05, 0.1) is 5.56 Å².